The van der Waals surface area contributed by atoms with E-state index in [9.17, 15) is 20.0 Å². The molecule has 8 nitrogen and oxygen atoms in total. The second-order valence-corrected chi connectivity index (χ2v) is 4.23. The van der Waals surface area contributed by atoms with Crippen LogP contribution in [0.1, 0.15) is 6.92 Å². The molecule has 8 heteroatoms. The zero-order chi connectivity index (χ0) is 14.0. The van der Waals surface area contributed by atoms with Crippen molar-refractivity contribution in [2.45, 2.75) is 19.1 Å². The quantitative estimate of drug-likeness (QED) is 0.608. The maximum absolute atomic E-state index is 11.2. The number of likely N-dealkylation sites (tertiary alicyclic amines) is 1. The predicted molar refractivity (Wildman–Crippen MR) is 63.6 cm³/mol. The van der Waals surface area contributed by atoms with Crippen LogP contribution in [0.4, 0.5) is 5.69 Å². The highest BCUT2D eigenvalue weighted by atomic mass is 16.6. The first kappa shape index (κ1) is 13.2. The Bertz CT molecular complexity index is 507. The molecule has 19 heavy (non-hydrogen) atoms. The average molecular weight is 267 g/mol. The Morgan fingerprint density at radius 2 is 2.37 bits per heavy atom. The zero-order valence-corrected chi connectivity index (χ0v) is 10.2. The normalized spacial score (nSPS) is 22.3. The van der Waals surface area contributed by atoms with Crippen molar-refractivity contribution in [3.8, 4) is 5.88 Å². The minimum atomic E-state index is -0.884. The maximum atomic E-state index is 11.2. The monoisotopic (exact) mass is 267 g/mol. The van der Waals surface area contributed by atoms with Crippen LogP contribution in [0, 0.1) is 10.1 Å². The minimum Gasteiger partial charge on any atom is -0.465 e. The van der Waals surface area contributed by atoms with E-state index >= 15 is 0 Å². The number of carbonyl (C=O) groups excluding carboxylic acids is 1. The van der Waals surface area contributed by atoms with Gasteiger partial charge >= 0.3 is 5.69 Å². The standard InChI is InChI=1S/C11H13N3O5/c1-7(15)13-5-9(16)10(6-13)19-11-8(14(17)18)3-2-4-12-11/h2-4,9-10,16H,5-6H2,1H3. The third kappa shape index (κ3) is 2.79. The molecule has 0 aromatic carbocycles. The highest BCUT2D eigenvalue weighted by Gasteiger charge is 2.35. The van der Waals surface area contributed by atoms with Gasteiger partial charge in [0.2, 0.25) is 5.91 Å². The molecule has 1 amide bonds. The number of hydrogen-bond acceptors (Lipinski definition) is 6. The number of aliphatic hydroxyl groups excluding tert-OH is 1. The number of nitrogens with zero attached hydrogens (tertiary/aromatic N) is 3. The van der Waals surface area contributed by atoms with Gasteiger partial charge in [0, 0.05) is 19.2 Å². The molecule has 1 aliphatic rings. The molecule has 0 spiro atoms. The molecule has 1 N–H and O–H groups in total. The Balaban J connectivity index is 2.14. The topological polar surface area (TPSA) is 106 Å². The summed E-state index contributed by atoms with van der Waals surface area (Å²) < 4.78 is 5.36. The van der Waals surface area contributed by atoms with Crippen LogP contribution in [0.5, 0.6) is 5.88 Å². The van der Waals surface area contributed by atoms with Gasteiger partial charge in [-0.15, -0.1) is 0 Å². The highest BCUT2D eigenvalue weighted by Crippen LogP contribution is 2.26. The molecule has 2 rings (SSSR count). The molecule has 2 heterocycles. The number of nitro groups is 1. The number of ether oxygens (including phenoxy) is 1. The summed E-state index contributed by atoms with van der Waals surface area (Å²) in [6.45, 7) is 1.73. The van der Waals surface area contributed by atoms with Crippen LogP contribution in [-0.4, -0.2) is 51.1 Å². The second-order valence-electron chi connectivity index (χ2n) is 4.23. The fraction of sp³-hybridized carbons (Fsp3) is 0.455. The van der Waals surface area contributed by atoms with Crippen LogP contribution in [0.2, 0.25) is 0 Å². The van der Waals surface area contributed by atoms with E-state index in [-0.39, 0.29) is 30.6 Å². The number of pyridine rings is 1. The Kier molecular flexibility index (Phi) is 3.61. The van der Waals surface area contributed by atoms with Gasteiger partial charge in [0.05, 0.1) is 18.0 Å². The largest absolute Gasteiger partial charge is 0.465 e. The third-order valence-electron chi connectivity index (χ3n) is 2.89. The van der Waals surface area contributed by atoms with Gasteiger partial charge in [-0.2, -0.15) is 0 Å². The average Bonchev–Trinajstić information content (AvgIpc) is 2.72. The molecule has 1 saturated heterocycles. The Hall–Kier alpha value is -2.22. The SMILES string of the molecule is CC(=O)N1CC(O)C(Oc2ncccc2[N+](=O)[O-])C1. The molecule has 2 unspecified atom stereocenters. The van der Waals surface area contributed by atoms with Gasteiger partial charge in [-0.05, 0) is 6.07 Å². The van der Waals surface area contributed by atoms with Crippen molar-refractivity contribution in [2.75, 3.05) is 13.1 Å². The van der Waals surface area contributed by atoms with E-state index in [0.717, 1.165) is 0 Å². The Morgan fingerprint density at radius 1 is 1.63 bits per heavy atom. The number of hydrogen-bond donors (Lipinski definition) is 1. The highest BCUT2D eigenvalue weighted by molar-refractivity contribution is 5.73. The lowest BCUT2D eigenvalue weighted by Gasteiger charge is -2.15. The van der Waals surface area contributed by atoms with E-state index in [1.54, 1.807) is 0 Å². The van der Waals surface area contributed by atoms with E-state index in [4.69, 9.17) is 4.74 Å². The number of amides is 1. The summed E-state index contributed by atoms with van der Waals surface area (Å²) in [5.41, 5.74) is -0.268. The molecule has 0 saturated carbocycles. The van der Waals surface area contributed by atoms with Crippen LogP contribution in [0.3, 0.4) is 0 Å². The molecule has 0 aliphatic carbocycles. The van der Waals surface area contributed by atoms with Crippen molar-refractivity contribution in [1.82, 2.24) is 9.88 Å². The molecule has 1 aliphatic heterocycles. The summed E-state index contributed by atoms with van der Waals surface area (Å²) in [4.78, 5) is 26.6. The Labute approximate surface area is 108 Å². The zero-order valence-electron chi connectivity index (χ0n) is 10.2. The molecule has 2 atom stereocenters. The van der Waals surface area contributed by atoms with Crippen LogP contribution >= 0.6 is 0 Å². The van der Waals surface area contributed by atoms with Gasteiger partial charge in [0.15, 0.2) is 0 Å². The molecule has 102 valence electrons. The van der Waals surface area contributed by atoms with E-state index in [2.05, 4.69) is 4.98 Å². The van der Waals surface area contributed by atoms with Gasteiger partial charge in [0.25, 0.3) is 5.88 Å². The molecule has 0 radical (unpaired) electrons. The summed E-state index contributed by atoms with van der Waals surface area (Å²) in [6.07, 6.45) is -0.227. The second kappa shape index (κ2) is 5.19. The lowest BCUT2D eigenvalue weighted by molar-refractivity contribution is -0.386. The summed E-state index contributed by atoms with van der Waals surface area (Å²) in [7, 11) is 0. The van der Waals surface area contributed by atoms with Gasteiger partial charge in [0.1, 0.15) is 12.2 Å². The summed E-state index contributed by atoms with van der Waals surface area (Å²) in [5, 5.41) is 20.6. The molecule has 0 bridgehead atoms. The van der Waals surface area contributed by atoms with Crippen molar-refractivity contribution < 1.29 is 19.6 Å². The first-order chi connectivity index (χ1) is 8.99. The smallest absolute Gasteiger partial charge is 0.330 e. The van der Waals surface area contributed by atoms with Crippen LogP contribution in [0.15, 0.2) is 18.3 Å². The lowest BCUT2D eigenvalue weighted by atomic mass is 10.2. The number of aliphatic hydroxyl groups is 1. The van der Waals surface area contributed by atoms with Gasteiger partial charge in [-0.3, -0.25) is 14.9 Å². The minimum absolute atomic E-state index is 0.151. The first-order valence-corrected chi connectivity index (χ1v) is 5.68. The number of rotatable bonds is 3. The van der Waals surface area contributed by atoms with Crippen LogP contribution in [0.25, 0.3) is 0 Å². The van der Waals surface area contributed by atoms with Gasteiger partial charge < -0.3 is 14.7 Å². The van der Waals surface area contributed by atoms with Gasteiger partial charge in [-0.25, -0.2) is 4.98 Å². The summed E-state index contributed by atoms with van der Waals surface area (Å²) in [5.74, 6) is -0.331. The van der Waals surface area contributed by atoms with Crippen molar-refractivity contribution in [1.29, 1.82) is 0 Å². The van der Waals surface area contributed by atoms with Crippen molar-refractivity contribution in [3.05, 3.63) is 28.4 Å². The third-order valence-corrected chi connectivity index (χ3v) is 2.89. The molecule has 1 aromatic heterocycles. The van der Waals surface area contributed by atoms with Crippen LogP contribution < -0.4 is 4.74 Å². The Morgan fingerprint density at radius 3 is 2.95 bits per heavy atom. The first-order valence-electron chi connectivity index (χ1n) is 5.68. The number of aromatic nitrogens is 1. The van der Waals surface area contributed by atoms with E-state index in [1.807, 2.05) is 0 Å². The molecule has 1 fully saturated rings. The maximum Gasteiger partial charge on any atom is 0.330 e. The molecular formula is C11H13N3O5. The van der Waals surface area contributed by atoms with E-state index < -0.39 is 17.1 Å². The molecule has 1 aromatic rings. The number of β-amino-alcohol motifs (C(OH)–C–C–N with tert-alkyl or cyclic N) is 1. The van der Waals surface area contributed by atoms with Gasteiger partial charge in [-0.1, -0.05) is 0 Å². The summed E-state index contributed by atoms with van der Waals surface area (Å²) >= 11 is 0. The van der Waals surface area contributed by atoms with E-state index in [1.165, 1.54) is 30.2 Å². The lowest BCUT2D eigenvalue weighted by Crippen LogP contribution is -2.31. The van der Waals surface area contributed by atoms with Crippen molar-refractivity contribution in [3.63, 3.8) is 0 Å². The van der Waals surface area contributed by atoms with E-state index in [0.29, 0.717) is 0 Å². The predicted octanol–water partition coefficient (Wildman–Crippen LogP) is -0.0398. The van der Waals surface area contributed by atoms with Crippen molar-refractivity contribution in [2.24, 2.45) is 0 Å². The fourth-order valence-electron chi connectivity index (χ4n) is 1.89. The summed E-state index contributed by atoms with van der Waals surface area (Å²) in [6, 6.07) is 2.70. The fourth-order valence-corrected chi connectivity index (χ4v) is 1.89. The van der Waals surface area contributed by atoms with Crippen molar-refractivity contribution >= 4 is 11.6 Å². The number of carbonyl (C=O) groups is 1. The van der Waals surface area contributed by atoms with Crippen LogP contribution in [-0.2, 0) is 4.79 Å². The molecular weight excluding hydrogens is 254 g/mol.